The van der Waals surface area contributed by atoms with E-state index in [1.165, 1.54) is 37.8 Å². The molecule has 138 valence electrons. The van der Waals surface area contributed by atoms with Gasteiger partial charge in [-0.3, -0.25) is 0 Å². The Labute approximate surface area is 149 Å². The van der Waals surface area contributed by atoms with Crippen molar-refractivity contribution in [1.29, 1.82) is 0 Å². The number of carbonyl (C=O) groups excluding carboxylic acids is 1. The summed E-state index contributed by atoms with van der Waals surface area (Å²) in [4.78, 5) is 14.7. The first kappa shape index (κ1) is 18.2. The van der Waals surface area contributed by atoms with Gasteiger partial charge in [0.2, 0.25) is 0 Å². The van der Waals surface area contributed by atoms with Crippen LogP contribution in [0.4, 0.5) is 9.18 Å². The third-order valence-electron chi connectivity index (χ3n) is 5.54. The lowest BCUT2D eigenvalue weighted by molar-refractivity contribution is 0.0772. The van der Waals surface area contributed by atoms with Crippen LogP contribution in [0.2, 0.25) is 0 Å². The highest BCUT2D eigenvalue weighted by atomic mass is 19.1. The van der Waals surface area contributed by atoms with E-state index in [1.807, 2.05) is 11.9 Å². The van der Waals surface area contributed by atoms with E-state index in [4.69, 9.17) is 4.74 Å². The zero-order valence-electron chi connectivity index (χ0n) is 15.0. The second-order valence-corrected chi connectivity index (χ2v) is 7.29. The van der Waals surface area contributed by atoms with Crippen molar-refractivity contribution >= 4 is 6.03 Å². The molecule has 1 heterocycles. The number of hydrogen-bond donors (Lipinski definition) is 1. The fourth-order valence-corrected chi connectivity index (χ4v) is 3.97. The van der Waals surface area contributed by atoms with Crippen LogP contribution in [0.3, 0.4) is 0 Å². The zero-order chi connectivity index (χ0) is 17.6. The van der Waals surface area contributed by atoms with Crippen LogP contribution in [0, 0.1) is 5.82 Å². The molecule has 5 heteroatoms. The fraction of sp³-hybridized carbons (Fsp3) is 0.650. The minimum absolute atomic E-state index is 0.0445. The van der Waals surface area contributed by atoms with Crippen LogP contribution in [0.1, 0.15) is 63.0 Å². The molecule has 2 fully saturated rings. The van der Waals surface area contributed by atoms with Crippen LogP contribution in [0.15, 0.2) is 24.3 Å². The van der Waals surface area contributed by atoms with Crippen LogP contribution < -0.4 is 5.32 Å². The third-order valence-corrected chi connectivity index (χ3v) is 5.54. The molecule has 0 aromatic heterocycles. The molecule has 0 unspecified atom stereocenters. The summed E-state index contributed by atoms with van der Waals surface area (Å²) < 4.78 is 19.1. The molecule has 3 rings (SSSR count). The molecule has 2 amide bonds. The number of hydrogen-bond acceptors (Lipinski definition) is 2. The van der Waals surface area contributed by atoms with Crippen molar-refractivity contribution in [2.75, 3.05) is 13.7 Å². The highest BCUT2D eigenvalue weighted by Gasteiger charge is 2.31. The van der Waals surface area contributed by atoms with Gasteiger partial charge in [-0.15, -0.1) is 0 Å². The van der Waals surface area contributed by atoms with Crippen molar-refractivity contribution in [3.63, 3.8) is 0 Å². The Hall–Kier alpha value is -1.62. The smallest absolute Gasteiger partial charge is 0.317 e. The highest BCUT2D eigenvalue weighted by molar-refractivity contribution is 5.75. The number of amides is 2. The van der Waals surface area contributed by atoms with Crippen LogP contribution in [0.25, 0.3) is 0 Å². The molecule has 0 bridgehead atoms. The first-order valence-corrected chi connectivity index (χ1v) is 9.55. The normalized spacial score (nSPS) is 23.0. The quantitative estimate of drug-likeness (QED) is 0.819. The topological polar surface area (TPSA) is 41.6 Å². The van der Waals surface area contributed by atoms with Crippen LogP contribution in [-0.4, -0.2) is 36.7 Å². The van der Waals surface area contributed by atoms with E-state index in [-0.39, 0.29) is 24.0 Å². The van der Waals surface area contributed by atoms with Gasteiger partial charge in [-0.1, -0.05) is 37.8 Å². The monoisotopic (exact) mass is 348 g/mol. The SMILES string of the molecule is CN(C(=O)N[C@@H](c1ccc(F)cc1)[C@@H]1CCCO1)C1CCCCCC1. The third kappa shape index (κ3) is 4.72. The Morgan fingerprint density at radius 3 is 2.40 bits per heavy atom. The molecule has 0 spiro atoms. The predicted octanol–water partition coefficient (Wildman–Crippen LogP) is 4.41. The van der Waals surface area contributed by atoms with E-state index in [9.17, 15) is 9.18 Å². The first-order valence-electron chi connectivity index (χ1n) is 9.55. The second kappa shape index (κ2) is 8.65. The predicted molar refractivity (Wildman–Crippen MR) is 95.9 cm³/mol. The molecule has 1 N–H and O–H groups in total. The van der Waals surface area contributed by atoms with E-state index in [1.54, 1.807) is 12.1 Å². The summed E-state index contributed by atoms with van der Waals surface area (Å²) in [5.41, 5.74) is 0.899. The number of halogens is 1. The van der Waals surface area contributed by atoms with Crippen molar-refractivity contribution < 1.29 is 13.9 Å². The average molecular weight is 348 g/mol. The molecule has 25 heavy (non-hydrogen) atoms. The molecule has 1 aliphatic carbocycles. The van der Waals surface area contributed by atoms with Gasteiger partial charge in [-0.25, -0.2) is 9.18 Å². The molecule has 1 saturated heterocycles. The van der Waals surface area contributed by atoms with E-state index in [2.05, 4.69) is 5.32 Å². The molecule has 1 saturated carbocycles. The maximum atomic E-state index is 13.3. The second-order valence-electron chi connectivity index (χ2n) is 7.29. The van der Waals surface area contributed by atoms with Gasteiger partial charge in [-0.2, -0.15) is 0 Å². The molecule has 2 aliphatic rings. The highest BCUT2D eigenvalue weighted by Crippen LogP contribution is 2.28. The van der Waals surface area contributed by atoms with Crippen molar-refractivity contribution in [2.24, 2.45) is 0 Å². The zero-order valence-corrected chi connectivity index (χ0v) is 15.0. The van der Waals surface area contributed by atoms with E-state index < -0.39 is 0 Å². The molecule has 2 atom stereocenters. The molecular weight excluding hydrogens is 319 g/mol. The lowest BCUT2D eigenvalue weighted by Crippen LogP contribution is -2.47. The maximum absolute atomic E-state index is 13.3. The standard InChI is InChI=1S/C20H29FN2O2/c1-23(17-7-4-2-3-5-8-17)20(24)22-19(18-9-6-14-25-18)15-10-12-16(21)13-11-15/h10-13,17-19H,2-9,14H2,1H3,(H,22,24)/t18-,19-/m0/s1. The number of urea groups is 1. The summed E-state index contributed by atoms with van der Waals surface area (Å²) in [6, 6.07) is 6.39. The van der Waals surface area contributed by atoms with E-state index in [0.717, 1.165) is 37.9 Å². The Balaban J connectivity index is 1.70. The van der Waals surface area contributed by atoms with Crippen LogP contribution in [-0.2, 0) is 4.74 Å². The van der Waals surface area contributed by atoms with Crippen LogP contribution >= 0.6 is 0 Å². The Kier molecular flexibility index (Phi) is 6.29. The van der Waals surface area contributed by atoms with Gasteiger partial charge in [0, 0.05) is 19.7 Å². The van der Waals surface area contributed by atoms with Gasteiger partial charge in [0.15, 0.2) is 0 Å². The van der Waals surface area contributed by atoms with E-state index >= 15 is 0 Å². The van der Waals surface area contributed by atoms with Crippen LogP contribution in [0.5, 0.6) is 0 Å². The maximum Gasteiger partial charge on any atom is 0.317 e. The number of carbonyl (C=O) groups is 1. The van der Waals surface area contributed by atoms with Crippen molar-refractivity contribution in [3.05, 3.63) is 35.6 Å². The summed E-state index contributed by atoms with van der Waals surface area (Å²) >= 11 is 0. The summed E-state index contributed by atoms with van der Waals surface area (Å²) in [5.74, 6) is -0.267. The van der Waals surface area contributed by atoms with Gasteiger partial charge in [0.1, 0.15) is 5.82 Å². The minimum atomic E-state index is -0.267. The summed E-state index contributed by atoms with van der Waals surface area (Å²) in [6.45, 7) is 0.719. The first-order chi connectivity index (χ1) is 12.1. The number of ether oxygens (including phenoxy) is 1. The van der Waals surface area contributed by atoms with Gasteiger partial charge in [-0.05, 0) is 43.4 Å². The van der Waals surface area contributed by atoms with Crippen molar-refractivity contribution in [3.8, 4) is 0 Å². The van der Waals surface area contributed by atoms with Gasteiger partial charge in [0.05, 0.1) is 12.1 Å². The molecule has 1 aromatic rings. The lowest BCUT2D eigenvalue weighted by atomic mass is 9.99. The summed E-state index contributed by atoms with van der Waals surface area (Å²) in [7, 11) is 1.89. The Morgan fingerprint density at radius 2 is 1.80 bits per heavy atom. The Morgan fingerprint density at radius 1 is 1.12 bits per heavy atom. The molecular formula is C20H29FN2O2. The summed E-state index contributed by atoms with van der Waals surface area (Å²) in [6.07, 6.45) is 8.92. The van der Waals surface area contributed by atoms with Gasteiger partial charge >= 0.3 is 6.03 Å². The van der Waals surface area contributed by atoms with Gasteiger partial charge < -0.3 is 15.0 Å². The number of benzene rings is 1. The lowest BCUT2D eigenvalue weighted by Gasteiger charge is -2.31. The average Bonchev–Trinajstić information content (AvgIpc) is 3.01. The molecule has 1 aromatic carbocycles. The Bertz CT molecular complexity index is 549. The molecule has 1 aliphatic heterocycles. The van der Waals surface area contributed by atoms with Gasteiger partial charge in [0.25, 0.3) is 0 Å². The number of nitrogens with zero attached hydrogens (tertiary/aromatic N) is 1. The summed E-state index contributed by atoms with van der Waals surface area (Å²) in [5, 5.41) is 3.15. The number of nitrogens with one attached hydrogen (secondary N) is 1. The molecule has 4 nitrogen and oxygen atoms in total. The largest absolute Gasteiger partial charge is 0.376 e. The fourth-order valence-electron chi connectivity index (χ4n) is 3.97. The van der Waals surface area contributed by atoms with Crippen molar-refractivity contribution in [1.82, 2.24) is 10.2 Å². The minimum Gasteiger partial charge on any atom is -0.376 e. The van der Waals surface area contributed by atoms with E-state index in [0.29, 0.717) is 6.04 Å². The van der Waals surface area contributed by atoms with Crippen molar-refractivity contribution in [2.45, 2.75) is 69.6 Å². The molecule has 0 radical (unpaired) electrons. The number of rotatable bonds is 4.